The van der Waals surface area contributed by atoms with E-state index in [1.165, 1.54) is 0 Å². The van der Waals surface area contributed by atoms with Gasteiger partial charge in [0.1, 0.15) is 12.4 Å². The molecule has 0 bridgehead atoms. The number of aryl methyl sites for hydroxylation is 1. The lowest BCUT2D eigenvalue weighted by Gasteiger charge is -1.98. The smallest absolute Gasteiger partial charge is 0.157 e. The normalized spacial score (nSPS) is 10.4. The number of hydrogen-bond donors (Lipinski definition) is 0. The van der Waals surface area contributed by atoms with Crippen LogP contribution in [-0.2, 0) is 13.2 Å². The van der Waals surface area contributed by atoms with E-state index in [9.17, 15) is 0 Å². The minimum Gasteiger partial charge on any atom is -0.482 e. The Morgan fingerprint density at radius 2 is 2.50 bits per heavy atom. The van der Waals surface area contributed by atoms with E-state index >= 15 is 0 Å². The number of furan rings is 1. The summed E-state index contributed by atoms with van der Waals surface area (Å²) in [5.74, 6) is 1.58. The minimum absolute atomic E-state index is 0.447. The van der Waals surface area contributed by atoms with E-state index in [0.717, 1.165) is 18.1 Å². The molecule has 0 atom stereocenters. The second-order valence-corrected chi connectivity index (χ2v) is 2.90. The molecule has 0 N–H and O–H groups in total. The highest BCUT2D eigenvalue weighted by atomic mass is 16.5. The molecule has 0 aromatic carbocycles. The van der Waals surface area contributed by atoms with Crippen molar-refractivity contribution in [2.24, 2.45) is 0 Å². The van der Waals surface area contributed by atoms with Crippen LogP contribution in [0.25, 0.3) is 0 Å². The van der Waals surface area contributed by atoms with Crippen molar-refractivity contribution in [3.05, 3.63) is 36.5 Å². The van der Waals surface area contributed by atoms with Crippen molar-refractivity contribution >= 4 is 0 Å². The number of rotatable bonds is 4. The summed E-state index contributed by atoms with van der Waals surface area (Å²) < 4.78 is 12.4. The summed E-state index contributed by atoms with van der Waals surface area (Å²) in [7, 11) is 0. The second-order valence-electron chi connectivity index (χ2n) is 2.90. The highest BCUT2D eigenvalue weighted by Crippen LogP contribution is 2.11. The number of aromatic nitrogens is 2. The molecule has 2 aromatic heterocycles. The quantitative estimate of drug-likeness (QED) is 0.744. The molecule has 0 amide bonds. The molecule has 4 heteroatoms. The zero-order valence-corrected chi connectivity index (χ0v) is 8.01. The molecular weight excluding hydrogens is 180 g/mol. The number of nitrogens with zero attached hydrogens (tertiary/aromatic N) is 2. The van der Waals surface area contributed by atoms with Crippen LogP contribution in [0.1, 0.15) is 12.7 Å². The van der Waals surface area contributed by atoms with Gasteiger partial charge in [-0.2, -0.15) is 5.10 Å². The van der Waals surface area contributed by atoms with Gasteiger partial charge in [-0.3, -0.25) is 4.68 Å². The van der Waals surface area contributed by atoms with E-state index in [1.54, 1.807) is 12.5 Å². The largest absolute Gasteiger partial charge is 0.482 e. The van der Waals surface area contributed by atoms with Crippen LogP contribution < -0.4 is 4.74 Å². The van der Waals surface area contributed by atoms with Gasteiger partial charge in [-0.1, -0.05) is 0 Å². The Bertz CT molecular complexity index is 378. The van der Waals surface area contributed by atoms with Gasteiger partial charge >= 0.3 is 0 Å². The molecule has 2 heterocycles. The highest BCUT2D eigenvalue weighted by Gasteiger charge is 2.00. The van der Waals surface area contributed by atoms with Crippen molar-refractivity contribution in [2.45, 2.75) is 20.1 Å². The van der Waals surface area contributed by atoms with Crippen LogP contribution in [0.2, 0.25) is 0 Å². The maximum atomic E-state index is 5.46. The van der Waals surface area contributed by atoms with Gasteiger partial charge in [-0.15, -0.1) is 0 Å². The van der Waals surface area contributed by atoms with Crippen molar-refractivity contribution < 1.29 is 9.15 Å². The lowest BCUT2D eigenvalue weighted by Crippen LogP contribution is -1.93. The molecule has 0 spiro atoms. The average molecular weight is 192 g/mol. The molecule has 0 fully saturated rings. The summed E-state index contributed by atoms with van der Waals surface area (Å²) in [5.41, 5.74) is 0. The lowest BCUT2D eigenvalue weighted by molar-refractivity contribution is 0.270. The van der Waals surface area contributed by atoms with Gasteiger partial charge < -0.3 is 9.15 Å². The van der Waals surface area contributed by atoms with Crippen LogP contribution in [0.3, 0.4) is 0 Å². The van der Waals surface area contributed by atoms with Crippen LogP contribution >= 0.6 is 0 Å². The molecule has 0 aliphatic heterocycles. The van der Waals surface area contributed by atoms with Crippen molar-refractivity contribution in [3.63, 3.8) is 0 Å². The van der Waals surface area contributed by atoms with Gasteiger partial charge in [0.15, 0.2) is 5.75 Å². The van der Waals surface area contributed by atoms with Crippen LogP contribution in [0.4, 0.5) is 0 Å². The van der Waals surface area contributed by atoms with Gasteiger partial charge in [-0.25, -0.2) is 0 Å². The van der Waals surface area contributed by atoms with Gasteiger partial charge in [0.2, 0.25) is 0 Å². The summed E-state index contributed by atoms with van der Waals surface area (Å²) in [4.78, 5) is 0. The van der Waals surface area contributed by atoms with Gasteiger partial charge in [0.05, 0.1) is 18.7 Å². The third-order valence-electron chi connectivity index (χ3n) is 1.89. The third kappa shape index (κ3) is 1.96. The van der Waals surface area contributed by atoms with Crippen molar-refractivity contribution in [1.82, 2.24) is 9.78 Å². The van der Waals surface area contributed by atoms with E-state index in [4.69, 9.17) is 9.15 Å². The third-order valence-corrected chi connectivity index (χ3v) is 1.89. The Kier molecular flexibility index (Phi) is 2.53. The zero-order chi connectivity index (χ0) is 9.80. The van der Waals surface area contributed by atoms with Gasteiger partial charge in [0.25, 0.3) is 0 Å². The van der Waals surface area contributed by atoms with Crippen LogP contribution in [0.15, 0.2) is 35.2 Å². The van der Waals surface area contributed by atoms with E-state index in [2.05, 4.69) is 5.10 Å². The molecular formula is C10H12N2O2. The Hall–Kier alpha value is -1.71. The Balaban J connectivity index is 1.92. The number of ether oxygens (including phenoxy) is 1. The Morgan fingerprint density at radius 3 is 3.14 bits per heavy atom. The van der Waals surface area contributed by atoms with E-state index in [-0.39, 0.29) is 0 Å². The number of hydrogen-bond acceptors (Lipinski definition) is 3. The second kappa shape index (κ2) is 4.00. The minimum atomic E-state index is 0.447. The summed E-state index contributed by atoms with van der Waals surface area (Å²) in [5, 5.41) is 4.10. The summed E-state index contributed by atoms with van der Waals surface area (Å²) in [6.07, 6.45) is 5.20. The Morgan fingerprint density at radius 1 is 1.57 bits per heavy atom. The van der Waals surface area contributed by atoms with Gasteiger partial charge in [0, 0.05) is 6.54 Å². The molecule has 0 unspecified atom stereocenters. The Labute approximate surface area is 82.1 Å². The predicted molar refractivity (Wildman–Crippen MR) is 50.9 cm³/mol. The van der Waals surface area contributed by atoms with E-state index < -0.39 is 0 Å². The maximum absolute atomic E-state index is 5.46. The first-order valence-electron chi connectivity index (χ1n) is 4.56. The first kappa shape index (κ1) is 8.87. The molecule has 4 nitrogen and oxygen atoms in total. The summed E-state index contributed by atoms with van der Waals surface area (Å²) in [6.45, 7) is 3.33. The SMILES string of the molecule is CCn1cc(OCc2ccco2)cn1. The van der Waals surface area contributed by atoms with Crippen LogP contribution in [-0.4, -0.2) is 9.78 Å². The zero-order valence-electron chi connectivity index (χ0n) is 8.01. The molecule has 2 aromatic rings. The fourth-order valence-electron chi connectivity index (χ4n) is 1.14. The highest BCUT2D eigenvalue weighted by molar-refractivity contribution is 5.12. The predicted octanol–water partition coefficient (Wildman–Crippen LogP) is 2.08. The molecule has 0 saturated carbocycles. The topological polar surface area (TPSA) is 40.2 Å². The van der Waals surface area contributed by atoms with E-state index in [1.807, 2.05) is 29.9 Å². The molecule has 74 valence electrons. The fraction of sp³-hybridized carbons (Fsp3) is 0.300. The monoisotopic (exact) mass is 192 g/mol. The lowest BCUT2D eigenvalue weighted by atomic mass is 10.5. The first-order chi connectivity index (χ1) is 6.88. The molecule has 14 heavy (non-hydrogen) atoms. The van der Waals surface area contributed by atoms with Gasteiger partial charge in [-0.05, 0) is 19.1 Å². The molecule has 0 aliphatic rings. The standard InChI is InChI=1S/C10H12N2O2/c1-2-12-7-10(6-11-12)14-8-9-4-3-5-13-9/h3-7H,2,8H2,1H3. The van der Waals surface area contributed by atoms with Crippen molar-refractivity contribution in [3.8, 4) is 5.75 Å². The maximum Gasteiger partial charge on any atom is 0.157 e. The van der Waals surface area contributed by atoms with Crippen molar-refractivity contribution in [1.29, 1.82) is 0 Å². The molecule has 0 aliphatic carbocycles. The van der Waals surface area contributed by atoms with Crippen LogP contribution in [0.5, 0.6) is 5.75 Å². The average Bonchev–Trinajstić information content (AvgIpc) is 2.86. The summed E-state index contributed by atoms with van der Waals surface area (Å²) >= 11 is 0. The summed E-state index contributed by atoms with van der Waals surface area (Å²) in [6, 6.07) is 3.72. The molecule has 0 saturated heterocycles. The van der Waals surface area contributed by atoms with Crippen molar-refractivity contribution in [2.75, 3.05) is 0 Å². The van der Waals surface area contributed by atoms with Crippen LogP contribution in [0, 0.1) is 0 Å². The first-order valence-corrected chi connectivity index (χ1v) is 4.56. The fourth-order valence-corrected chi connectivity index (χ4v) is 1.14. The molecule has 0 radical (unpaired) electrons. The van der Waals surface area contributed by atoms with E-state index in [0.29, 0.717) is 6.61 Å². The molecule has 2 rings (SSSR count).